The summed E-state index contributed by atoms with van der Waals surface area (Å²) in [7, 11) is 2.92. The zero-order valence-electron chi connectivity index (χ0n) is 18.6. The summed E-state index contributed by atoms with van der Waals surface area (Å²) in [5.74, 6) is -0.692. The first kappa shape index (κ1) is 24.2. The van der Waals surface area contributed by atoms with E-state index in [-0.39, 0.29) is 16.3 Å². The van der Waals surface area contributed by atoms with Gasteiger partial charge in [0.25, 0.3) is 11.8 Å². The molecule has 1 heterocycles. The van der Waals surface area contributed by atoms with Crippen molar-refractivity contribution in [2.75, 3.05) is 24.4 Å². The Morgan fingerprint density at radius 3 is 2.26 bits per heavy atom. The predicted octanol–water partition coefficient (Wildman–Crippen LogP) is 5.71. The molecule has 0 atom stereocenters. The molecule has 10 heteroatoms. The molecular formula is C25H19F3N2O4S. The van der Waals surface area contributed by atoms with Crippen LogP contribution in [0.3, 0.4) is 0 Å². The van der Waals surface area contributed by atoms with E-state index in [4.69, 9.17) is 9.47 Å². The fraction of sp³-hybridized carbons (Fsp3) is 0.120. The zero-order valence-corrected chi connectivity index (χ0v) is 19.4. The summed E-state index contributed by atoms with van der Waals surface area (Å²) in [5, 5.41) is 2.95. The Labute approximate surface area is 203 Å². The number of benzene rings is 3. The van der Waals surface area contributed by atoms with Gasteiger partial charge in [-0.1, -0.05) is 36.0 Å². The predicted molar refractivity (Wildman–Crippen MR) is 126 cm³/mol. The molecule has 0 aromatic heterocycles. The molecule has 1 aliphatic heterocycles. The number of halogens is 3. The SMILES string of the molecule is COc1ccc(OC)c(NC2=C(Sc3ccccc3)C(=O)N(c3cccc(C(F)(F)F)c3)C2=O)c1. The molecule has 1 N–H and O–H groups in total. The number of rotatable bonds is 7. The summed E-state index contributed by atoms with van der Waals surface area (Å²) in [4.78, 5) is 28.3. The van der Waals surface area contributed by atoms with Crippen LogP contribution in [-0.2, 0) is 15.8 Å². The molecule has 0 bridgehead atoms. The minimum absolute atomic E-state index is 0.0310. The van der Waals surface area contributed by atoms with Crippen molar-refractivity contribution in [1.29, 1.82) is 0 Å². The van der Waals surface area contributed by atoms with Gasteiger partial charge in [0, 0.05) is 11.0 Å². The van der Waals surface area contributed by atoms with Gasteiger partial charge in [0.05, 0.1) is 31.2 Å². The highest BCUT2D eigenvalue weighted by Gasteiger charge is 2.41. The summed E-state index contributed by atoms with van der Waals surface area (Å²) in [5.41, 5.74) is -0.896. The highest BCUT2D eigenvalue weighted by molar-refractivity contribution is 8.04. The molecule has 0 radical (unpaired) electrons. The summed E-state index contributed by atoms with van der Waals surface area (Å²) < 4.78 is 50.5. The Morgan fingerprint density at radius 1 is 0.857 bits per heavy atom. The number of methoxy groups -OCH3 is 2. The molecule has 180 valence electrons. The topological polar surface area (TPSA) is 67.9 Å². The largest absolute Gasteiger partial charge is 0.497 e. The molecule has 35 heavy (non-hydrogen) atoms. The molecule has 0 fully saturated rings. The van der Waals surface area contributed by atoms with Crippen molar-refractivity contribution in [2.45, 2.75) is 11.1 Å². The third kappa shape index (κ3) is 4.97. The first-order valence-electron chi connectivity index (χ1n) is 10.2. The number of amides is 2. The van der Waals surface area contributed by atoms with Gasteiger partial charge >= 0.3 is 6.18 Å². The smallest absolute Gasteiger partial charge is 0.416 e. The number of ether oxygens (including phenoxy) is 2. The number of thioether (sulfide) groups is 1. The number of nitrogens with zero attached hydrogens (tertiary/aromatic N) is 1. The monoisotopic (exact) mass is 500 g/mol. The first-order chi connectivity index (χ1) is 16.7. The van der Waals surface area contributed by atoms with Gasteiger partial charge in [0.1, 0.15) is 22.1 Å². The molecule has 4 rings (SSSR count). The molecule has 0 aliphatic carbocycles. The molecule has 2 amide bonds. The molecule has 6 nitrogen and oxygen atoms in total. The van der Waals surface area contributed by atoms with E-state index in [1.165, 1.54) is 20.3 Å². The van der Waals surface area contributed by atoms with Gasteiger partial charge < -0.3 is 14.8 Å². The fourth-order valence-corrected chi connectivity index (χ4v) is 4.37. The van der Waals surface area contributed by atoms with E-state index in [9.17, 15) is 22.8 Å². The van der Waals surface area contributed by atoms with Crippen LogP contribution in [0.5, 0.6) is 11.5 Å². The van der Waals surface area contributed by atoms with E-state index in [0.717, 1.165) is 34.9 Å². The Hall–Kier alpha value is -3.92. The van der Waals surface area contributed by atoms with Crippen LogP contribution in [-0.4, -0.2) is 26.0 Å². The Bertz CT molecular complexity index is 1310. The average molecular weight is 500 g/mol. The van der Waals surface area contributed by atoms with Crippen molar-refractivity contribution in [3.63, 3.8) is 0 Å². The number of carbonyl (C=O) groups is 2. The molecule has 0 unspecified atom stereocenters. The van der Waals surface area contributed by atoms with Gasteiger partial charge in [-0.25, -0.2) is 4.90 Å². The van der Waals surface area contributed by atoms with Crippen LogP contribution in [0.4, 0.5) is 24.5 Å². The number of alkyl halides is 3. The lowest BCUT2D eigenvalue weighted by atomic mass is 10.2. The quantitative estimate of drug-likeness (QED) is 0.419. The van der Waals surface area contributed by atoms with E-state index in [1.807, 2.05) is 0 Å². The Kier molecular flexibility index (Phi) is 6.74. The number of hydrogen-bond acceptors (Lipinski definition) is 6. The minimum atomic E-state index is -4.63. The second-order valence-corrected chi connectivity index (χ2v) is 8.39. The highest BCUT2D eigenvalue weighted by atomic mass is 32.2. The maximum atomic E-state index is 13.5. The Balaban J connectivity index is 1.79. The van der Waals surface area contributed by atoms with Crippen molar-refractivity contribution in [2.24, 2.45) is 0 Å². The van der Waals surface area contributed by atoms with E-state index >= 15 is 0 Å². The van der Waals surface area contributed by atoms with Gasteiger partial charge in [-0.15, -0.1) is 0 Å². The maximum Gasteiger partial charge on any atom is 0.416 e. The second-order valence-electron chi connectivity index (χ2n) is 7.30. The zero-order chi connectivity index (χ0) is 25.2. The number of imide groups is 1. The lowest BCUT2D eigenvalue weighted by Gasteiger charge is -2.17. The molecular weight excluding hydrogens is 481 g/mol. The van der Waals surface area contributed by atoms with Crippen LogP contribution in [0.2, 0.25) is 0 Å². The Morgan fingerprint density at radius 2 is 1.60 bits per heavy atom. The third-order valence-electron chi connectivity index (χ3n) is 5.10. The standard InChI is InChI=1S/C25H19F3N2O4S/c1-33-17-11-12-20(34-2)19(14-17)29-21-22(35-18-9-4-3-5-10-18)24(32)30(23(21)31)16-8-6-7-15(13-16)25(26,27)28/h3-14,29H,1-2H3. The molecule has 3 aromatic rings. The van der Waals surface area contributed by atoms with Crippen molar-refractivity contribution < 1.29 is 32.2 Å². The van der Waals surface area contributed by atoms with Crippen LogP contribution < -0.4 is 19.7 Å². The first-order valence-corrected chi connectivity index (χ1v) is 11.1. The molecule has 0 spiro atoms. The van der Waals surface area contributed by atoms with Crippen molar-refractivity contribution in [3.8, 4) is 11.5 Å². The van der Waals surface area contributed by atoms with Crippen molar-refractivity contribution in [1.82, 2.24) is 0 Å². The van der Waals surface area contributed by atoms with Gasteiger partial charge in [0.2, 0.25) is 0 Å². The summed E-state index contributed by atoms with van der Waals surface area (Å²) in [6, 6.07) is 17.8. The van der Waals surface area contributed by atoms with Crippen LogP contribution in [0.1, 0.15) is 5.56 Å². The lowest BCUT2D eigenvalue weighted by Crippen LogP contribution is -2.32. The lowest BCUT2D eigenvalue weighted by molar-refractivity contribution is -0.137. The molecule has 1 aliphatic rings. The second kappa shape index (κ2) is 9.75. The van der Waals surface area contributed by atoms with Crippen molar-refractivity contribution in [3.05, 3.63) is 89.0 Å². The maximum absolute atomic E-state index is 13.5. The summed E-state index contributed by atoms with van der Waals surface area (Å²) >= 11 is 1.03. The van der Waals surface area contributed by atoms with Crippen LogP contribution in [0, 0.1) is 0 Å². The summed E-state index contributed by atoms with van der Waals surface area (Å²) in [6.07, 6.45) is -4.63. The fourth-order valence-electron chi connectivity index (χ4n) is 3.42. The minimum Gasteiger partial charge on any atom is -0.497 e. The van der Waals surface area contributed by atoms with Crippen molar-refractivity contribution >= 4 is 35.0 Å². The van der Waals surface area contributed by atoms with E-state index in [2.05, 4.69) is 5.32 Å². The van der Waals surface area contributed by atoms with Gasteiger partial charge in [-0.05, 0) is 42.5 Å². The number of carbonyl (C=O) groups excluding carboxylic acids is 2. The van der Waals surface area contributed by atoms with Gasteiger partial charge in [0.15, 0.2) is 0 Å². The van der Waals surface area contributed by atoms with E-state index in [0.29, 0.717) is 22.1 Å². The normalized spacial score (nSPS) is 13.9. The number of anilines is 2. The van der Waals surface area contributed by atoms with Crippen LogP contribution >= 0.6 is 11.8 Å². The van der Waals surface area contributed by atoms with Crippen LogP contribution in [0.15, 0.2) is 88.3 Å². The van der Waals surface area contributed by atoms with Crippen LogP contribution in [0.25, 0.3) is 0 Å². The van der Waals surface area contributed by atoms with Gasteiger partial charge in [-0.3, -0.25) is 9.59 Å². The van der Waals surface area contributed by atoms with E-state index in [1.54, 1.807) is 48.5 Å². The average Bonchev–Trinajstić information content (AvgIpc) is 3.08. The molecule has 0 saturated heterocycles. The highest BCUT2D eigenvalue weighted by Crippen LogP contribution is 2.40. The number of hydrogen-bond donors (Lipinski definition) is 1. The van der Waals surface area contributed by atoms with E-state index < -0.39 is 23.6 Å². The molecule has 3 aromatic carbocycles. The molecule has 0 saturated carbocycles. The third-order valence-corrected chi connectivity index (χ3v) is 6.19. The van der Waals surface area contributed by atoms with Gasteiger partial charge in [-0.2, -0.15) is 13.2 Å². The number of nitrogens with one attached hydrogen (secondary N) is 1. The summed E-state index contributed by atoms with van der Waals surface area (Å²) in [6.45, 7) is 0.